The molecule has 0 bridgehead atoms. The smallest absolute Gasteiger partial charge is 0.0159 e. The fraction of sp³-hybridized carbons (Fsp3) is 1.00. The van der Waals surface area contributed by atoms with Gasteiger partial charge in [-0.05, 0) is 89.8 Å². The summed E-state index contributed by atoms with van der Waals surface area (Å²) >= 11 is 0. The Balaban J connectivity index is -0.00000114. The minimum atomic E-state index is 0. The van der Waals surface area contributed by atoms with E-state index in [-0.39, 0.29) is 13.0 Å². The molecule has 2 rings (SSSR count). The number of hydrogen-bond donors (Lipinski definition) is 0. The lowest BCUT2D eigenvalue weighted by atomic mass is 9.57. The zero-order valence-electron chi connectivity index (χ0n) is 30.0. The molecule has 0 aromatic rings. The maximum absolute atomic E-state index is 2.78. The average molecular weight is 556 g/mol. The summed E-state index contributed by atoms with van der Waals surface area (Å²) in [5, 5.41) is 0. The maximum Gasteiger partial charge on any atom is 0.0159 e. The van der Waals surface area contributed by atoms with Crippen molar-refractivity contribution >= 4 is 0 Å². The first-order chi connectivity index (χ1) is 17.4. The monoisotopic (exact) mass is 556 g/mol. The number of likely N-dealkylation sites (tertiary alicyclic amines) is 1. The van der Waals surface area contributed by atoms with E-state index < -0.39 is 0 Å². The van der Waals surface area contributed by atoms with E-state index in [2.05, 4.69) is 105 Å². The van der Waals surface area contributed by atoms with Crippen molar-refractivity contribution in [2.24, 2.45) is 16.2 Å². The summed E-state index contributed by atoms with van der Waals surface area (Å²) in [6, 6.07) is 0. The molecule has 39 heavy (non-hydrogen) atoms. The first-order valence-electron chi connectivity index (χ1n) is 16.6. The summed E-state index contributed by atoms with van der Waals surface area (Å²) in [6.07, 6.45) is 9.27. The van der Waals surface area contributed by atoms with Gasteiger partial charge >= 0.3 is 0 Å². The highest BCUT2D eigenvalue weighted by Gasteiger charge is 2.48. The van der Waals surface area contributed by atoms with Gasteiger partial charge in [-0.1, -0.05) is 110 Å². The van der Waals surface area contributed by atoms with Crippen molar-refractivity contribution in [1.29, 1.82) is 0 Å². The molecule has 2 aliphatic heterocycles. The van der Waals surface area contributed by atoms with Crippen LogP contribution in [0, 0.1) is 16.2 Å². The van der Waals surface area contributed by atoms with Crippen LogP contribution in [0.5, 0.6) is 0 Å². The third-order valence-electron chi connectivity index (χ3n) is 9.26. The Morgan fingerprint density at radius 2 is 0.949 bits per heavy atom. The van der Waals surface area contributed by atoms with Crippen LogP contribution in [0.4, 0.5) is 0 Å². The number of hydrogen-bond acceptors (Lipinski definition) is 3. The van der Waals surface area contributed by atoms with Gasteiger partial charge in [0.05, 0.1) is 0 Å². The van der Waals surface area contributed by atoms with Crippen molar-refractivity contribution in [3.8, 4) is 0 Å². The summed E-state index contributed by atoms with van der Waals surface area (Å²) in [5.74, 6) is 0. The Labute approximate surface area is 251 Å². The van der Waals surface area contributed by atoms with Crippen molar-refractivity contribution < 1.29 is 0 Å². The van der Waals surface area contributed by atoms with Gasteiger partial charge in [0.15, 0.2) is 0 Å². The van der Waals surface area contributed by atoms with Gasteiger partial charge in [-0.25, -0.2) is 0 Å². The first kappa shape index (κ1) is 43.3. The van der Waals surface area contributed by atoms with Gasteiger partial charge in [0, 0.05) is 37.3 Å². The highest BCUT2D eigenvalue weighted by Crippen LogP contribution is 2.52. The van der Waals surface area contributed by atoms with Gasteiger partial charge in [-0.15, -0.1) is 0 Å². The molecule has 0 aliphatic carbocycles. The molecule has 2 aliphatic rings. The zero-order valence-corrected chi connectivity index (χ0v) is 30.0. The van der Waals surface area contributed by atoms with Crippen LogP contribution in [-0.4, -0.2) is 72.1 Å². The Morgan fingerprint density at radius 1 is 0.590 bits per heavy atom. The zero-order chi connectivity index (χ0) is 30.4. The lowest BCUT2D eigenvalue weighted by Gasteiger charge is -2.56. The topological polar surface area (TPSA) is 9.72 Å². The largest absolute Gasteiger partial charge is 0.304 e. The van der Waals surface area contributed by atoms with Gasteiger partial charge in [-0.2, -0.15) is 0 Å². The van der Waals surface area contributed by atoms with Crippen LogP contribution in [0.3, 0.4) is 0 Å². The molecule has 0 aromatic heterocycles. The molecule has 0 radical (unpaired) electrons. The van der Waals surface area contributed by atoms with Crippen molar-refractivity contribution in [2.75, 3.05) is 46.3 Å². The van der Waals surface area contributed by atoms with Gasteiger partial charge in [-0.3, -0.25) is 9.80 Å². The van der Waals surface area contributed by atoms with Crippen LogP contribution in [-0.2, 0) is 0 Å². The molecule has 0 amide bonds. The number of piperidine rings is 1. The Kier molecular flexibility index (Phi) is 21.3. The quantitative estimate of drug-likeness (QED) is 0.295. The maximum atomic E-state index is 2.78. The minimum absolute atomic E-state index is 0. The number of nitrogens with zero attached hydrogens (tertiary/aromatic N) is 3. The second-order valence-corrected chi connectivity index (χ2v) is 15.1. The predicted octanol–water partition coefficient (Wildman–Crippen LogP) is 10.6. The summed E-state index contributed by atoms with van der Waals surface area (Å²) in [7, 11) is 2.25. The van der Waals surface area contributed by atoms with Crippen LogP contribution in [0.25, 0.3) is 0 Å². The second-order valence-electron chi connectivity index (χ2n) is 15.1. The Morgan fingerprint density at radius 3 is 1.28 bits per heavy atom. The number of likely N-dealkylation sites (N-methyl/N-ethyl adjacent to an activating group) is 1. The number of unbranched alkanes of at least 4 members (excludes halogenated alkanes) is 2. The Hall–Kier alpha value is -0.120. The second kappa shape index (κ2) is 19.1. The molecule has 240 valence electrons. The summed E-state index contributed by atoms with van der Waals surface area (Å²) in [5.41, 5.74) is 1.72. The summed E-state index contributed by atoms with van der Waals surface area (Å²) < 4.78 is 0. The molecule has 0 saturated carbocycles. The minimum Gasteiger partial charge on any atom is -0.304 e. The van der Waals surface area contributed by atoms with Crippen LogP contribution >= 0.6 is 0 Å². The molecule has 0 atom stereocenters. The van der Waals surface area contributed by atoms with E-state index in [1.54, 1.807) is 0 Å². The van der Waals surface area contributed by atoms with E-state index in [1.165, 1.54) is 84.2 Å². The van der Waals surface area contributed by atoms with Gasteiger partial charge in [0.2, 0.25) is 0 Å². The molecule has 3 heteroatoms. The van der Waals surface area contributed by atoms with Crippen molar-refractivity contribution in [3.05, 3.63) is 0 Å². The van der Waals surface area contributed by atoms with Gasteiger partial charge in [0.1, 0.15) is 0 Å². The van der Waals surface area contributed by atoms with Crippen molar-refractivity contribution in [1.82, 2.24) is 14.7 Å². The lowest BCUT2D eigenvalue weighted by Crippen LogP contribution is -2.58. The molecule has 0 aromatic carbocycles. The molecular formula is C36H81N3. The van der Waals surface area contributed by atoms with E-state index in [0.29, 0.717) is 21.8 Å². The summed E-state index contributed by atoms with van der Waals surface area (Å²) in [6.45, 7) is 44.5. The third-order valence-corrected chi connectivity index (χ3v) is 9.26. The van der Waals surface area contributed by atoms with Gasteiger partial charge in [0.25, 0.3) is 0 Å². The van der Waals surface area contributed by atoms with Crippen molar-refractivity contribution in [3.63, 3.8) is 0 Å². The highest BCUT2D eigenvalue weighted by molar-refractivity contribution is 5.01. The van der Waals surface area contributed by atoms with Crippen LogP contribution < -0.4 is 0 Å². The molecule has 0 N–H and O–H groups in total. The first-order valence-corrected chi connectivity index (χ1v) is 16.6. The number of rotatable bonds is 8. The fourth-order valence-electron chi connectivity index (χ4n) is 6.86. The Bertz CT molecular complexity index is 567. The van der Waals surface area contributed by atoms with Crippen molar-refractivity contribution in [2.45, 2.75) is 174 Å². The third kappa shape index (κ3) is 15.1. The molecule has 2 saturated heterocycles. The SMILES string of the molecule is C.CC.CC.CCCCC.CN1CCN(C(C)(C)CC(C)(C)C2(C)CCN(C(C)(C)CC(C)(C)C)CC2)CC1. The molecule has 0 spiro atoms. The van der Waals surface area contributed by atoms with Gasteiger partial charge < -0.3 is 4.90 Å². The van der Waals surface area contributed by atoms with Crippen LogP contribution in [0.2, 0.25) is 0 Å². The molecule has 2 fully saturated rings. The lowest BCUT2D eigenvalue weighted by molar-refractivity contribution is -0.0602. The van der Waals surface area contributed by atoms with E-state index in [9.17, 15) is 0 Å². The predicted molar refractivity (Wildman–Crippen MR) is 183 cm³/mol. The van der Waals surface area contributed by atoms with Crippen LogP contribution in [0.1, 0.15) is 163 Å². The van der Waals surface area contributed by atoms with E-state index in [0.717, 1.165) is 0 Å². The standard InChI is InChI=1S/C26H53N3.C5H12.2C2H6.CH4/c1-22(2,3)20-24(6,7)28-14-12-26(10,13-15-28)23(4,5)21-25(8,9)29-18-16-27(11)17-19-29;1-3-5-4-2;2*1-2;/h12-21H2,1-11H3;3-5H2,1-2H3;2*1-2H3;1H4. The van der Waals surface area contributed by atoms with E-state index in [4.69, 9.17) is 0 Å². The van der Waals surface area contributed by atoms with E-state index in [1.807, 2.05) is 27.7 Å². The highest BCUT2D eigenvalue weighted by atomic mass is 15.3. The molecule has 2 heterocycles. The summed E-state index contributed by atoms with van der Waals surface area (Å²) in [4.78, 5) is 8.00. The average Bonchev–Trinajstić information content (AvgIpc) is 2.81. The molecule has 3 nitrogen and oxygen atoms in total. The normalized spacial score (nSPS) is 19.3. The molecule has 0 unspecified atom stereocenters. The number of piperazine rings is 1. The van der Waals surface area contributed by atoms with E-state index >= 15 is 0 Å². The van der Waals surface area contributed by atoms with Crippen LogP contribution in [0.15, 0.2) is 0 Å². The molecular weight excluding hydrogens is 474 g/mol. The fourth-order valence-corrected chi connectivity index (χ4v) is 6.86.